The highest BCUT2D eigenvalue weighted by Gasteiger charge is 2.59. The van der Waals surface area contributed by atoms with Crippen LogP contribution in [0.2, 0.25) is 0 Å². The summed E-state index contributed by atoms with van der Waals surface area (Å²) in [5.74, 6) is 0.335. The van der Waals surface area contributed by atoms with Gasteiger partial charge in [-0.15, -0.1) is 0 Å². The Labute approximate surface area is 463 Å². The number of primary amides is 1. The lowest BCUT2D eigenvalue weighted by Crippen LogP contribution is -2.59. The highest BCUT2D eigenvalue weighted by Crippen LogP contribution is 2.67. The minimum atomic E-state index is -1.28. The molecule has 78 heavy (non-hydrogen) atoms. The molecule has 6 fully saturated rings. The quantitative estimate of drug-likeness (QED) is 0.0677. The predicted octanol–water partition coefficient (Wildman–Crippen LogP) is 6.06. The zero-order valence-electron chi connectivity index (χ0n) is 48.2. The molecule has 8 rings (SSSR count). The molecule has 3 aliphatic heterocycles. The van der Waals surface area contributed by atoms with E-state index in [-0.39, 0.29) is 61.6 Å². The van der Waals surface area contributed by atoms with Crippen molar-refractivity contribution in [1.82, 2.24) is 30.7 Å². The molecule has 3 saturated carbocycles. The van der Waals surface area contributed by atoms with Crippen LogP contribution in [0.25, 0.3) is 0 Å². The molecule has 5 N–H and O–H groups in total. The standard InChI is InChI=1S/C61H92N8O9/c1-37(2)18-19-39(5)43-22-23-44-42-21-20-40-35-41(26-28-60(40,6)45(42)27-29-61(43,44)7)78-53(71)36-63-55(73)48-15-11-31-67(48)57(75)47(34-38(3)4)65-54(72)46(24-25-52(62)70)64-56(74)49-16-12-32-68(49)59(77)51-17-13-33-69(51)58(76)50-14-9-10-30-66(50)8/h9-10,14,20,30,37-39,41-49,51H,11-13,15-19,21-29,31-36H2,1-8H3,(H4-,62,63,64,65,70,72,73,74)/p+1/t39-,41-,42+,43-,44+,45+,46+,47+,48+,49+,51+,60+,61-/m1/s1. The minimum Gasteiger partial charge on any atom is -0.461 e. The summed E-state index contributed by atoms with van der Waals surface area (Å²) in [6.45, 7) is 16.7. The number of allylic oxidation sites excluding steroid dienone is 1. The van der Waals surface area contributed by atoms with Crippen LogP contribution in [-0.4, -0.2) is 125 Å². The molecule has 430 valence electrons. The number of hydrogen-bond donors (Lipinski definition) is 4. The predicted molar refractivity (Wildman–Crippen MR) is 294 cm³/mol. The van der Waals surface area contributed by atoms with E-state index < -0.39 is 65.7 Å². The van der Waals surface area contributed by atoms with Crippen LogP contribution in [0.5, 0.6) is 0 Å². The summed E-state index contributed by atoms with van der Waals surface area (Å²) in [4.78, 5) is 115. The van der Waals surface area contributed by atoms with Gasteiger partial charge in [-0.3, -0.25) is 38.4 Å². The third-order valence-corrected chi connectivity index (χ3v) is 20.1. The van der Waals surface area contributed by atoms with Crippen molar-refractivity contribution in [2.75, 3.05) is 26.2 Å². The molecule has 17 heteroatoms. The number of nitrogens with two attached hydrogens (primary N) is 1. The number of amides is 7. The zero-order valence-corrected chi connectivity index (χ0v) is 48.2. The van der Waals surface area contributed by atoms with Gasteiger partial charge >= 0.3 is 11.9 Å². The number of aryl methyl sites for hydroxylation is 1. The summed E-state index contributed by atoms with van der Waals surface area (Å²) < 4.78 is 7.78. The Morgan fingerprint density at radius 1 is 0.744 bits per heavy atom. The summed E-state index contributed by atoms with van der Waals surface area (Å²) in [6, 6.07) is 0.377. The topological polar surface area (TPSA) is 222 Å². The number of ether oxygens (including phenoxy) is 1. The molecule has 7 aliphatic rings. The molecule has 0 unspecified atom stereocenters. The molecule has 17 nitrogen and oxygen atoms in total. The normalized spacial score (nSPS) is 30.6. The molecule has 0 bridgehead atoms. The van der Waals surface area contributed by atoms with Crippen molar-refractivity contribution >= 4 is 47.3 Å². The summed E-state index contributed by atoms with van der Waals surface area (Å²) in [6.07, 6.45) is 18.2. The summed E-state index contributed by atoms with van der Waals surface area (Å²) in [7, 11) is 1.77. The average Bonchev–Trinajstić information content (AvgIpc) is 4.37. The van der Waals surface area contributed by atoms with Gasteiger partial charge in [0.1, 0.15) is 49.9 Å². The van der Waals surface area contributed by atoms with Gasteiger partial charge < -0.3 is 41.1 Å². The van der Waals surface area contributed by atoms with Crippen LogP contribution < -0.4 is 26.3 Å². The van der Waals surface area contributed by atoms with E-state index in [1.54, 1.807) is 34.8 Å². The average molecular weight is 1080 g/mol. The van der Waals surface area contributed by atoms with E-state index in [1.165, 1.54) is 53.9 Å². The fourth-order valence-corrected chi connectivity index (χ4v) is 16.0. The van der Waals surface area contributed by atoms with Gasteiger partial charge in [0.15, 0.2) is 6.20 Å². The molecular formula is C61H93N8O9+. The lowest BCUT2D eigenvalue weighted by Gasteiger charge is -2.58. The monoisotopic (exact) mass is 1080 g/mol. The Morgan fingerprint density at radius 3 is 2.13 bits per heavy atom. The molecule has 1 aromatic rings. The van der Waals surface area contributed by atoms with Crippen LogP contribution in [-0.2, 0) is 45.3 Å². The number of aromatic nitrogens is 1. The largest absolute Gasteiger partial charge is 0.461 e. The van der Waals surface area contributed by atoms with Crippen molar-refractivity contribution in [3.63, 3.8) is 0 Å². The zero-order chi connectivity index (χ0) is 56.2. The van der Waals surface area contributed by atoms with Crippen molar-refractivity contribution < 1.29 is 47.7 Å². The first-order valence-electron chi connectivity index (χ1n) is 30.0. The molecule has 13 atom stereocenters. The van der Waals surface area contributed by atoms with Gasteiger partial charge in [0.05, 0.1) is 0 Å². The minimum absolute atomic E-state index is 0.0674. The van der Waals surface area contributed by atoms with E-state index >= 15 is 0 Å². The number of hydrogen-bond acceptors (Lipinski definition) is 9. The van der Waals surface area contributed by atoms with Gasteiger partial charge in [-0.25, -0.2) is 0 Å². The number of fused-ring (bicyclic) bond motifs is 5. The van der Waals surface area contributed by atoms with Crippen LogP contribution in [0.1, 0.15) is 181 Å². The molecule has 0 spiro atoms. The molecular weight excluding hydrogens is 989 g/mol. The van der Waals surface area contributed by atoms with Crippen molar-refractivity contribution in [1.29, 1.82) is 0 Å². The fourth-order valence-electron chi connectivity index (χ4n) is 16.0. The van der Waals surface area contributed by atoms with E-state index in [4.69, 9.17) is 10.5 Å². The molecule has 0 aromatic carbocycles. The third-order valence-electron chi connectivity index (χ3n) is 20.1. The Kier molecular flexibility index (Phi) is 18.8. The first-order valence-corrected chi connectivity index (χ1v) is 30.0. The van der Waals surface area contributed by atoms with E-state index in [0.717, 1.165) is 42.9 Å². The Bertz CT molecular complexity index is 2440. The summed E-state index contributed by atoms with van der Waals surface area (Å²) >= 11 is 0. The Morgan fingerprint density at radius 2 is 1.44 bits per heavy atom. The molecule has 3 saturated heterocycles. The van der Waals surface area contributed by atoms with Crippen molar-refractivity contribution in [3.8, 4) is 0 Å². The lowest BCUT2D eigenvalue weighted by atomic mass is 9.47. The fraction of sp³-hybridized carbons (Fsp3) is 0.754. The second-order valence-corrected chi connectivity index (χ2v) is 26.0. The van der Waals surface area contributed by atoms with Gasteiger partial charge in [0.25, 0.3) is 5.69 Å². The van der Waals surface area contributed by atoms with Crippen LogP contribution in [0, 0.1) is 52.3 Å². The van der Waals surface area contributed by atoms with Gasteiger partial charge in [0.2, 0.25) is 35.4 Å². The van der Waals surface area contributed by atoms with Crippen LogP contribution in [0.4, 0.5) is 0 Å². The maximum absolute atomic E-state index is 14.5. The molecule has 0 radical (unpaired) electrons. The number of pyridine rings is 1. The summed E-state index contributed by atoms with van der Waals surface area (Å²) in [5.41, 5.74) is 7.92. The van der Waals surface area contributed by atoms with Gasteiger partial charge in [-0.05, 0) is 155 Å². The van der Waals surface area contributed by atoms with E-state index in [0.29, 0.717) is 81.0 Å². The number of nitrogens with one attached hydrogen (secondary N) is 3. The Hall–Kier alpha value is -5.35. The number of rotatable bonds is 20. The smallest absolute Gasteiger partial charge is 0.325 e. The van der Waals surface area contributed by atoms with Crippen molar-refractivity contribution in [2.45, 2.75) is 207 Å². The molecule has 1 aromatic heterocycles. The molecule has 7 amide bonds. The first kappa shape index (κ1) is 58.8. The number of carbonyl (C=O) groups excluding carboxylic acids is 8. The second-order valence-electron chi connectivity index (χ2n) is 26.0. The van der Waals surface area contributed by atoms with Gasteiger partial charge in [-0.1, -0.05) is 73.0 Å². The van der Waals surface area contributed by atoms with Crippen molar-refractivity contribution in [3.05, 3.63) is 41.7 Å². The highest BCUT2D eigenvalue weighted by atomic mass is 16.5. The van der Waals surface area contributed by atoms with E-state index in [9.17, 15) is 38.4 Å². The molecule has 4 aliphatic carbocycles. The van der Waals surface area contributed by atoms with Crippen LogP contribution >= 0.6 is 0 Å². The number of carbonyl (C=O) groups is 8. The first-order chi connectivity index (χ1) is 37.1. The number of likely N-dealkylation sites (tertiary alicyclic amines) is 3. The maximum Gasteiger partial charge on any atom is 0.325 e. The maximum atomic E-state index is 14.5. The van der Waals surface area contributed by atoms with Crippen LogP contribution in [0.3, 0.4) is 0 Å². The summed E-state index contributed by atoms with van der Waals surface area (Å²) in [5, 5.41) is 8.39. The van der Waals surface area contributed by atoms with E-state index in [2.05, 4.69) is 56.6 Å². The van der Waals surface area contributed by atoms with Gasteiger partial charge in [0, 0.05) is 44.6 Å². The number of esters is 1. The SMILES string of the molecule is CC(C)CC[C@@H](C)[C@H]1CC[C@H]2[C@@H]3CC=C4C[C@H](OC(=O)CNC(=O)[C@@H]5CCCN5C(=O)[C@H](CC(C)C)NC(=O)[C@H](CCC(N)=O)NC(=O)[C@@H]5CCCN5C(=O)[C@@H]5CCCN5C(=O)c5cccc[n+]5C)CC[C@]4(C)[C@H]3CC[C@]12C. The molecule has 4 heterocycles. The number of nitrogens with zero attached hydrogens (tertiary/aromatic N) is 4. The van der Waals surface area contributed by atoms with Crippen molar-refractivity contribution in [2.24, 2.45) is 65.0 Å². The van der Waals surface area contributed by atoms with Crippen LogP contribution in [0.15, 0.2) is 36.0 Å². The van der Waals surface area contributed by atoms with Gasteiger partial charge in [-0.2, -0.15) is 4.57 Å². The van der Waals surface area contributed by atoms with E-state index in [1.807, 2.05) is 19.9 Å². The Balaban J connectivity index is 0.844. The highest BCUT2D eigenvalue weighted by molar-refractivity contribution is 5.99. The third kappa shape index (κ3) is 12.6. The second kappa shape index (κ2) is 25.0. The lowest BCUT2D eigenvalue weighted by molar-refractivity contribution is -0.673.